The molecule has 0 fully saturated rings. The predicted molar refractivity (Wildman–Crippen MR) is 79.5 cm³/mol. The van der Waals surface area contributed by atoms with Gasteiger partial charge in [-0.25, -0.2) is 4.79 Å². The fourth-order valence-corrected chi connectivity index (χ4v) is 1.96. The highest BCUT2D eigenvalue weighted by molar-refractivity contribution is 5.68. The summed E-state index contributed by atoms with van der Waals surface area (Å²) in [6.45, 7) is 7.46. The van der Waals surface area contributed by atoms with Gasteiger partial charge in [-0.15, -0.1) is 0 Å². The van der Waals surface area contributed by atoms with Crippen LogP contribution in [0.3, 0.4) is 0 Å². The van der Waals surface area contributed by atoms with Gasteiger partial charge in [-0.2, -0.15) is 0 Å². The highest BCUT2D eigenvalue weighted by Gasteiger charge is 2.24. The zero-order chi connectivity index (χ0) is 15.2. The molecule has 2 unspecified atom stereocenters. The van der Waals surface area contributed by atoms with Crippen LogP contribution in [-0.4, -0.2) is 22.8 Å². The zero-order valence-electron chi connectivity index (χ0n) is 12.7. The molecule has 1 aromatic rings. The second-order valence-corrected chi connectivity index (χ2v) is 5.90. The number of aliphatic hydroxyl groups excluding tert-OH is 1. The largest absolute Gasteiger partial charge is 0.444 e. The average molecular weight is 279 g/mol. The first-order valence-electron chi connectivity index (χ1n) is 7.06. The van der Waals surface area contributed by atoms with Gasteiger partial charge in [0.05, 0.1) is 12.1 Å². The third-order valence-corrected chi connectivity index (χ3v) is 2.82. The van der Waals surface area contributed by atoms with Crippen LogP contribution in [0, 0.1) is 0 Å². The van der Waals surface area contributed by atoms with E-state index >= 15 is 0 Å². The minimum absolute atomic E-state index is 0.350. The summed E-state index contributed by atoms with van der Waals surface area (Å²) in [7, 11) is 0. The van der Waals surface area contributed by atoms with Crippen LogP contribution in [0.15, 0.2) is 30.3 Å². The molecule has 4 heteroatoms. The molecule has 0 spiro atoms. The van der Waals surface area contributed by atoms with Crippen LogP contribution in [0.2, 0.25) is 0 Å². The Hall–Kier alpha value is -1.55. The highest BCUT2D eigenvalue weighted by Crippen LogP contribution is 2.20. The van der Waals surface area contributed by atoms with Crippen LogP contribution in [0.4, 0.5) is 4.79 Å². The van der Waals surface area contributed by atoms with E-state index in [1.807, 2.05) is 58.0 Å². The molecular formula is C16H25NO3. The Labute approximate surface area is 121 Å². The third-order valence-electron chi connectivity index (χ3n) is 2.82. The topological polar surface area (TPSA) is 58.6 Å². The molecule has 0 aliphatic carbocycles. The lowest BCUT2D eigenvalue weighted by atomic mass is 9.99. The Bertz CT molecular complexity index is 411. The van der Waals surface area contributed by atoms with Crippen molar-refractivity contribution in [3.05, 3.63) is 35.9 Å². The fraction of sp³-hybridized carbons (Fsp3) is 0.562. The van der Waals surface area contributed by atoms with Gasteiger partial charge in [0, 0.05) is 0 Å². The number of ether oxygens (including phenoxy) is 1. The molecule has 0 saturated carbocycles. The van der Waals surface area contributed by atoms with Crippen molar-refractivity contribution in [2.75, 3.05) is 0 Å². The first-order valence-corrected chi connectivity index (χ1v) is 7.06. The SMILES string of the molecule is CCCC(NC(=O)OC(C)(C)C)C(O)c1ccccc1. The van der Waals surface area contributed by atoms with E-state index in [4.69, 9.17) is 4.74 Å². The lowest BCUT2D eigenvalue weighted by Crippen LogP contribution is -2.42. The number of benzene rings is 1. The van der Waals surface area contributed by atoms with Gasteiger partial charge in [0.15, 0.2) is 0 Å². The maximum absolute atomic E-state index is 11.8. The second-order valence-electron chi connectivity index (χ2n) is 5.90. The minimum Gasteiger partial charge on any atom is -0.444 e. The molecule has 0 saturated heterocycles. The Kier molecular flexibility index (Phi) is 6.02. The Balaban J connectivity index is 2.71. The monoisotopic (exact) mass is 279 g/mol. The molecule has 1 amide bonds. The number of hydrogen-bond acceptors (Lipinski definition) is 3. The molecule has 0 aliphatic rings. The van der Waals surface area contributed by atoms with Crippen molar-refractivity contribution in [3.63, 3.8) is 0 Å². The number of carbonyl (C=O) groups is 1. The van der Waals surface area contributed by atoms with E-state index in [-0.39, 0.29) is 6.04 Å². The second kappa shape index (κ2) is 7.29. The molecule has 0 aliphatic heterocycles. The number of alkyl carbamates (subject to hydrolysis) is 1. The molecule has 0 heterocycles. The average Bonchev–Trinajstić information content (AvgIpc) is 2.36. The van der Waals surface area contributed by atoms with Crippen molar-refractivity contribution in [1.82, 2.24) is 5.32 Å². The van der Waals surface area contributed by atoms with Crippen molar-refractivity contribution in [3.8, 4) is 0 Å². The number of nitrogens with one attached hydrogen (secondary N) is 1. The number of rotatable bonds is 5. The van der Waals surface area contributed by atoms with Crippen LogP contribution in [-0.2, 0) is 4.74 Å². The molecule has 2 N–H and O–H groups in total. The minimum atomic E-state index is -0.733. The maximum Gasteiger partial charge on any atom is 0.407 e. The number of hydrogen-bond donors (Lipinski definition) is 2. The van der Waals surface area contributed by atoms with Crippen LogP contribution in [0.1, 0.15) is 52.2 Å². The first-order chi connectivity index (χ1) is 9.33. The molecule has 112 valence electrons. The van der Waals surface area contributed by atoms with E-state index in [1.165, 1.54) is 0 Å². The Morgan fingerprint density at radius 3 is 2.40 bits per heavy atom. The van der Waals surface area contributed by atoms with E-state index < -0.39 is 17.8 Å². The van der Waals surface area contributed by atoms with Crippen molar-refractivity contribution < 1.29 is 14.6 Å². The van der Waals surface area contributed by atoms with Gasteiger partial charge in [-0.1, -0.05) is 43.7 Å². The fourth-order valence-electron chi connectivity index (χ4n) is 1.96. The van der Waals surface area contributed by atoms with Gasteiger partial charge in [-0.3, -0.25) is 0 Å². The van der Waals surface area contributed by atoms with Crippen LogP contribution in [0.5, 0.6) is 0 Å². The summed E-state index contributed by atoms with van der Waals surface area (Å²) in [5.74, 6) is 0. The van der Waals surface area contributed by atoms with Gasteiger partial charge in [0.1, 0.15) is 5.60 Å². The first kappa shape index (κ1) is 16.5. The maximum atomic E-state index is 11.8. The summed E-state index contributed by atoms with van der Waals surface area (Å²) in [6.07, 6.45) is 0.328. The summed E-state index contributed by atoms with van der Waals surface area (Å²) in [4.78, 5) is 11.8. The Morgan fingerprint density at radius 2 is 1.90 bits per heavy atom. The summed E-state index contributed by atoms with van der Waals surface area (Å²) in [6, 6.07) is 8.99. The van der Waals surface area contributed by atoms with Crippen molar-refractivity contribution in [2.24, 2.45) is 0 Å². The van der Waals surface area contributed by atoms with Crippen LogP contribution in [0.25, 0.3) is 0 Å². The number of aliphatic hydroxyl groups is 1. The molecule has 1 aromatic carbocycles. The van der Waals surface area contributed by atoms with Crippen molar-refractivity contribution >= 4 is 6.09 Å². The summed E-state index contributed by atoms with van der Waals surface area (Å²) >= 11 is 0. The van der Waals surface area contributed by atoms with Gasteiger partial charge in [0.25, 0.3) is 0 Å². The van der Waals surface area contributed by atoms with Crippen LogP contribution < -0.4 is 5.32 Å². The van der Waals surface area contributed by atoms with Gasteiger partial charge in [-0.05, 0) is 32.8 Å². The number of amides is 1. The van der Waals surface area contributed by atoms with Gasteiger partial charge in [0.2, 0.25) is 0 Å². The standard InChI is InChI=1S/C16H25NO3/c1-5-9-13(17-15(19)20-16(2,3)4)14(18)12-10-7-6-8-11-12/h6-8,10-11,13-14,18H,5,9H2,1-4H3,(H,17,19). The van der Waals surface area contributed by atoms with Crippen LogP contribution >= 0.6 is 0 Å². The van der Waals surface area contributed by atoms with Gasteiger partial charge < -0.3 is 15.2 Å². The molecule has 0 aromatic heterocycles. The van der Waals surface area contributed by atoms with E-state index in [2.05, 4.69) is 5.32 Å². The zero-order valence-corrected chi connectivity index (χ0v) is 12.7. The van der Waals surface area contributed by atoms with Crippen molar-refractivity contribution in [2.45, 2.75) is 58.3 Å². The predicted octanol–water partition coefficient (Wildman–Crippen LogP) is 3.41. The summed E-state index contributed by atoms with van der Waals surface area (Å²) < 4.78 is 5.24. The normalized spacial score (nSPS) is 14.4. The number of carbonyl (C=O) groups excluding carboxylic acids is 1. The summed E-state index contributed by atoms with van der Waals surface area (Å²) in [5.41, 5.74) is 0.250. The quantitative estimate of drug-likeness (QED) is 0.868. The van der Waals surface area contributed by atoms with Crippen molar-refractivity contribution in [1.29, 1.82) is 0 Å². The molecule has 2 atom stereocenters. The lowest BCUT2D eigenvalue weighted by molar-refractivity contribution is 0.0413. The smallest absolute Gasteiger partial charge is 0.407 e. The lowest BCUT2D eigenvalue weighted by Gasteiger charge is -2.26. The third kappa shape index (κ3) is 5.61. The molecule has 0 radical (unpaired) electrons. The molecule has 0 bridgehead atoms. The molecule has 1 rings (SSSR count). The molecular weight excluding hydrogens is 254 g/mol. The van der Waals surface area contributed by atoms with E-state index in [0.717, 1.165) is 12.0 Å². The Morgan fingerprint density at radius 1 is 1.30 bits per heavy atom. The van der Waals surface area contributed by atoms with Gasteiger partial charge >= 0.3 is 6.09 Å². The summed E-state index contributed by atoms with van der Waals surface area (Å²) in [5, 5.41) is 13.1. The highest BCUT2D eigenvalue weighted by atomic mass is 16.6. The van der Waals surface area contributed by atoms with E-state index in [9.17, 15) is 9.90 Å². The van der Waals surface area contributed by atoms with E-state index in [0.29, 0.717) is 6.42 Å². The molecule has 20 heavy (non-hydrogen) atoms. The van der Waals surface area contributed by atoms with E-state index in [1.54, 1.807) is 0 Å². The molecule has 4 nitrogen and oxygen atoms in total.